The van der Waals surface area contributed by atoms with E-state index in [2.05, 4.69) is 15.0 Å². The fourth-order valence-corrected chi connectivity index (χ4v) is 6.11. The number of halogens is 1. The first-order valence-electron chi connectivity index (χ1n) is 8.13. The second-order valence-corrected chi connectivity index (χ2v) is 9.21. The number of aliphatic hydroxyl groups is 2. The van der Waals surface area contributed by atoms with Gasteiger partial charge in [0.05, 0.1) is 0 Å². The van der Waals surface area contributed by atoms with E-state index in [0.717, 1.165) is 0 Å². The van der Waals surface area contributed by atoms with Gasteiger partial charge in [0.25, 0.3) is 0 Å². The normalized spacial score (nSPS) is 25.0. The molecule has 27 heavy (non-hydrogen) atoms. The maximum absolute atomic E-state index is 12.1. The Labute approximate surface area is 165 Å². The van der Waals surface area contributed by atoms with Gasteiger partial charge in [0.1, 0.15) is 0 Å². The molecule has 1 aliphatic heterocycles. The zero-order valence-corrected chi connectivity index (χ0v) is 16.3. The third-order valence-corrected chi connectivity index (χ3v) is 7.84. The van der Waals surface area contributed by atoms with Gasteiger partial charge in [-0.2, -0.15) is 0 Å². The first-order valence-corrected chi connectivity index (χ1v) is 10.5. The molecule has 2 aromatic heterocycles. The predicted molar refractivity (Wildman–Crippen MR) is 97.6 cm³/mol. The average Bonchev–Trinajstić information content (AvgIpc) is 3.23. The Morgan fingerprint density at radius 3 is 2.74 bits per heavy atom. The molecule has 140 valence electrons. The minimum absolute atomic E-state index is 0.0326. The molecule has 4 rings (SSSR count). The molecule has 1 aromatic carbocycles. The van der Waals surface area contributed by atoms with Gasteiger partial charge in [0.15, 0.2) is 0 Å². The number of ether oxygens (including phenoxy) is 1. The first-order chi connectivity index (χ1) is 13.1. The van der Waals surface area contributed by atoms with Gasteiger partial charge in [-0.15, -0.1) is 0 Å². The molecule has 1 fully saturated rings. The van der Waals surface area contributed by atoms with Crippen LogP contribution in [0.4, 0.5) is 0 Å². The van der Waals surface area contributed by atoms with Crippen LogP contribution in [0.25, 0.3) is 11.2 Å². The number of hydrogen-bond acceptors (Lipinski definition) is 7. The van der Waals surface area contributed by atoms with Crippen molar-refractivity contribution in [2.45, 2.75) is 22.0 Å². The molecule has 0 saturated carbocycles. The second-order valence-electron chi connectivity index (χ2n) is 6.00. The summed E-state index contributed by atoms with van der Waals surface area (Å²) in [7, 11) is 0. The number of carbonyl (C=O) groups is 1. The summed E-state index contributed by atoms with van der Waals surface area (Å²) in [6.45, 7) is 0.0326. The van der Waals surface area contributed by atoms with Gasteiger partial charge in [-0.1, -0.05) is 0 Å². The molecule has 4 atom stereocenters. The Morgan fingerprint density at radius 1 is 1.19 bits per heavy atom. The first kappa shape index (κ1) is 18.3. The molecule has 3 heterocycles. The van der Waals surface area contributed by atoms with Crippen molar-refractivity contribution in [3.05, 3.63) is 53.7 Å². The van der Waals surface area contributed by atoms with Crippen LogP contribution in [-0.4, -0.2) is 69.5 Å². The molecule has 0 radical (unpaired) electrons. The zero-order valence-electron chi connectivity index (χ0n) is 13.8. The summed E-state index contributed by atoms with van der Waals surface area (Å²) in [6.07, 6.45) is 0.837. The third-order valence-electron chi connectivity index (χ3n) is 4.31. The van der Waals surface area contributed by atoms with Crippen molar-refractivity contribution >= 4 is 43.7 Å². The summed E-state index contributed by atoms with van der Waals surface area (Å²) < 4.78 is 7.04. The van der Waals surface area contributed by atoms with E-state index >= 15 is 0 Å². The van der Waals surface area contributed by atoms with Crippen LogP contribution >= 0.6 is 11.6 Å². The molecule has 0 unspecified atom stereocenters. The number of aliphatic hydroxyl groups excluding tert-OH is 2. The number of esters is 1. The molecular formula is C17H15ClN4O4Se. The molecular weight excluding hydrogens is 439 g/mol. The molecule has 3 aromatic rings. The van der Waals surface area contributed by atoms with Crippen LogP contribution in [0.1, 0.15) is 15.3 Å². The molecule has 0 spiro atoms. The number of rotatable bonds is 4. The summed E-state index contributed by atoms with van der Waals surface area (Å²) >= 11 is 5.76. The number of fused-ring (bicyclic) bond motifs is 1. The number of benzene rings is 1. The van der Waals surface area contributed by atoms with Gasteiger partial charge in [-0.05, 0) is 0 Å². The number of nitrogens with zero attached hydrogens (tertiary/aromatic N) is 4. The van der Waals surface area contributed by atoms with Gasteiger partial charge in [-0.25, -0.2) is 0 Å². The fourth-order valence-electron chi connectivity index (χ4n) is 2.92. The van der Waals surface area contributed by atoms with Gasteiger partial charge in [-0.3, -0.25) is 0 Å². The Balaban J connectivity index is 1.49. The van der Waals surface area contributed by atoms with Crippen molar-refractivity contribution in [1.82, 2.24) is 19.5 Å². The Bertz CT molecular complexity index is 970. The summed E-state index contributed by atoms with van der Waals surface area (Å²) in [5, 5.41) is 21.2. The van der Waals surface area contributed by atoms with Crippen LogP contribution in [0.2, 0.25) is 9.97 Å². The van der Waals surface area contributed by atoms with Crippen LogP contribution in [0.5, 0.6) is 0 Å². The van der Waals surface area contributed by atoms with Gasteiger partial charge in [0, 0.05) is 0 Å². The average molecular weight is 454 g/mol. The van der Waals surface area contributed by atoms with Gasteiger partial charge < -0.3 is 0 Å². The molecule has 0 amide bonds. The van der Waals surface area contributed by atoms with Crippen molar-refractivity contribution in [2.24, 2.45) is 0 Å². The summed E-state index contributed by atoms with van der Waals surface area (Å²) in [6, 6.07) is 8.64. The number of aromatic nitrogens is 4. The molecule has 1 aliphatic rings. The van der Waals surface area contributed by atoms with E-state index in [0.29, 0.717) is 16.7 Å². The van der Waals surface area contributed by atoms with E-state index < -0.39 is 23.1 Å². The quantitative estimate of drug-likeness (QED) is 0.345. The van der Waals surface area contributed by atoms with Gasteiger partial charge in [0.2, 0.25) is 0 Å². The van der Waals surface area contributed by atoms with Crippen LogP contribution < -0.4 is 0 Å². The SMILES string of the molecule is O=C(OC[C@H]1[Se][C@@H](n2cnc3c(Cl)ncnc32)[C@H](O)[C@@H]1O)c1ccccc1. The number of hydrogen-bond donors (Lipinski definition) is 2. The minimum atomic E-state index is -1.02. The van der Waals surface area contributed by atoms with Crippen molar-refractivity contribution in [3.63, 3.8) is 0 Å². The predicted octanol–water partition coefficient (Wildman–Crippen LogP) is 1.06. The Kier molecular flexibility index (Phi) is 5.12. The summed E-state index contributed by atoms with van der Waals surface area (Å²) in [5.41, 5.74) is 1.38. The Hall–Kier alpha value is -2.03. The fraction of sp³-hybridized carbons (Fsp3) is 0.294. The zero-order chi connectivity index (χ0) is 19.0. The second kappa shape index (κ2) is 7.53. The number of carbonyl (C=O) groups excluding carboxylic acids is 1. The molecule has 0 aliphatic carbocycles. The molecule has 2 N–H and O–H groups in total. The van der Waals surface area contributed by atoms with Crippen molar-refractivity contribution in [1.29, 1.82) is 0 Å². The van der Waals surface area contributed by atoms with Gasteiger partial charge >= 0.3 is 165 Å². The number of imidazole rings is 1. The molecule has 0 bridgehead atoms. The van der Waals surface area contributed by atoms with E-state index in [1.54, 1.807) is 28.8 Å². The monoisotopic (exact) mass is 454 g/mol. The topological polar surface area (TPSA) is 110 Å². The van der Waals surface area contributed by atoms with E-state index in [1.165, 1.54) is 12.7 Å². The Morgan fingerprint density at radius 2 is 1.96 bits per heavy atom. The van der Waals surface area contributed by atoms with Crippen LogP contribution in [0, 0.1) is 0 Å². The molecule has 8 nitrogen and oxygen atoms in total. The summed E-state index contributed by atoms with van der Waals surface area (Å²) in [4.78, 5) is 23.6. The summed E-state index contributed by atoms with van der Waals surface area (Å²) in [5.74, 6) is -0.454. The standard InChI is InChI=1S/C17H15ClN4O4Se/c18-14-11-15(20-7-19-14)22(8-21-11)16-13(24)12(23)10(27-16)6-26-17(25)9-4-2-1-3-5-9/h1-5,7-8,10,12-13,16,23-24H,6H2/t10-,12-,13-,16-/m1/s1. The molecule has 1 saturated heterocycles. The van der Waals surface area contributed by atoms with E-state index in [-0.39, 0.29) is 31.5 Å². The van der Waals surface area contributed by atoms with Crippen LogP contribution in [0.15, 0.2) is 43.0 Å². The maximum atomic E-state index is 12.1. The van der Waals surface area contributed by atoms with Crippen molar-refractivity contribution in [2.75, 3.05) is 6.61 Å². The molecule has 10 heteroatoms. The third kappa shape index (κ3) is 3.44. The van der Waals surface area contributed by atoms with Crippen LogP contribution in [0.3, 0.4) is 0 Å². The van der Waals surface area contributed by atoms with E-state index in [1.807, 2.05) is 6.07 Å². The van der Waals surface area contributed by atoms with Crippen molar-refractivity contribution in [3.8, 4) is 0 Å². The van der Waals surface area contributed by atoms with Crippen LogP contribution in [-0.2, 0) is 4.74 Å². The van der Waals surface area contributed by atoms with Crippen molar-refractivity contribution < 1.29 is 19.7 Å². The van der Waals surface area contributed by atoms with E-state index in [4.69, 9.17) is 16.3 Å². The van der Waals surface area contributed by atoms with E-state index in [9.17, 15) is 15.0 Å².